The van der Waals surface area contributed by atoms with Crippen molar-refractivity contribution in [2.24, 2.45) is 0 Å². The van der Waals surface area contributed by atoms with Gasteiger partial charge < -0.3 is 0 Å². The monoisotopic (exact) mass is 160 g/mol. The van der Waals surface area contributed by atoms with Crippen molar-refractivity contribution < 1.29 is 10.1 Å². The highest BCUT2D eigenvalue weighted by Crippen LogP contribution is 2.25. The fourth-order valence-corrected chi connectivity index (χ4v) is 1.28. The van der Waals surface area contributed by atoms with E-state index in [1.807, 2.05) is 0 Å². The Kier molecular flexibility index (Phi) is 5.51. The van der Waals surface area contributed by atoms with E-state index in [0.29, 0.717) is 0 Å². The summed E-state index contributed by atoms with van der Waals surface area (Å²) in [7, 11) is 0. The van der Waals surface area contributed by atoms with E-state index < -0.39 is 0 Å². The Bertz CT molecular complexity index is 79.3. The van der Waals surface area contributed by atoms with Crippen LogP contribution in [0.25, 0.3) is 0 Å². The molecular weight excluding hydrogens is 140 g/mol. The smallest absolute Gasteiger partial charge is 0.103 e. The maximum absolute atomic E-state index is 8.70. The van der Waals surface area contributed by atoms with E-state index in [2.05, 4.69) is 25.7 Å². The Morgan fingerprint density at radius 1 is 1.18 bits per heavy atom. The Hall–Kier alpha value is -0.0800. The Morgan fingerprint density at radius 3 is 2.00 bits per heavy atom. The minimum atomic E-state index is -0.268. The van der Waals surface area contributed by atoms with Crippen LogP contribution >= 0.6 is 0 Å². The molecule has 0 unspecified atom stereocenters. The predicted molar refractivity (Wildman–Crippen MR) is 46.6 cm³/mol. The molecule has 11 heavy (non-hydrogen) atoms. The molecule has 0 aliphatic heterocycles. The third kappa shape index (κ3) is 3.21. The third-order valence-corrected chi connectivity index (χ3v) is 2.47. The lowest BCUT2D eigenvalue weighted by molar-refractivity contribution is -0.327. The summed E-state index contributed by atoms with van der Waals surface area (Å²) in [5, 5.41) is 8.70. The lowest BCUT2D eigenvalue weighted by atomic mass is 9.91. The van der Waals surface area contributed by atoms with Crippen LogP contribution in [0.3, 0.4) is 0 Å². The predicted octanol–water partition coefficient (Wildman–Crippen LogP) is 3.23. The van der Waals surface area contributed by atoms with Crippen LogP contribution in [-0.4, -0.2) is 10.9 Å². The summed E-state index contributed by atoms with van der Waals surface area (Å²) in [4.78, 5) is 4.54. The largest absolute Gasteiger partial charge is 0.251 e. The highest BCUT2D eigenvalue weighted by atomic mass is 17.1. The molecule has 0 aromatic rings. The molecule has 0 aromatic carbocycles. The van der Waals surface area contributed by atoms with Crippen molar-refractivity contribution in [2.45, 2.75) is 58.5 Å². The molecule has 0 aromatic heterocycles. The van der Waals surface area contributed by atoms with Gasteiger partial charge in [0.1, 0.15) is 5.60 Å². The van der Waals surface area contributed by atoms with Gasteiger partial charge in [-0.3, -0.25) is 5.26 Å². The first kappa shape index (κ1) is 10.9. The average Bonchev–Trinajstić information content (AvgIpc) is 2.08. The molecule has 0 rings (SSSR count). The Morgan fingerprint density at radius 2 is 1.73 bits per heavy atom. The van der Waals surface area contributed by atoms with Crippen molar-refractivity contribution in [3.63, 3.8) is 0 Å². The van der Waals surface area contributed by atoms with Crippen LogP contribution in [-0.2, 0) is 4.89 Å². The van der Waals surface area contributed by atoms with Gasteiger partial charge in [0.2, 0.25) is 0 Å². The normalized spacial score (nSPS) is 12.0. The van der Waals surface area contributed by atoms with Crippen molar-refractivity contribution >= 4 is 0 Å². The van der Waals surface area contributed by atoms with Crippen molar-refractivity contribution in [1.29, 1.82) is 0 Å². The minimum Gasteiger partial charge on any atom is -0.251 e. The van der Waals surface area contributed by atoms with Crippen LogP contribution in [0.15, 0.2) is 0 Å². The molecule has 0 atom stereocenters. The molecule has 0 amide bonds. The standard InChI is InChI=1S/C9H20O2/c1-4-7-8-9(5-2,6-3)11-10/h10H,4-8H2,1-3H3. The summed E-state index contributed by atoms with van der Waals surface area (Å²) in [6.45, 7) is 6.25. The van der Waals surface area contributed by atoms with Gasteiger partial charge in [0.15, 0.2) is 0 Å². The van der Waals surface area contributed by atoms with Crippen LogP contribution in [0, 0.1) is 0 Å². The highest BCUT2D eigenvalue weighted by Gasteiger charge is 2.26. The van der Waals surface area contributed by atoms with E-state index in [1.54, 1.807) is 0 Å². The van der Waals surface area contributed by atoms with Crippen LogP contribution in [0.1, 0.15) is 52.9 Å². The molecule has 0 radical (unpaired) electrons. The Balaban J connectivity index is 3.84. The number of rotatable bonds is 6. The maximum Gasteiger partial charge on any atom is 0.103 e. The van der Waals surface area contributed by atoms with Crippen molar-refractivity contribution in [3.05, 3.63) is 0 Å². The van der Waals surface area contributed by atoms with Gasteiger partial charge in [-0.25, -0.2) is 4.89 Å². The molecular formula is C9H20O2. The second-order valence-corrected chi connectivity index (χ2v) is 3.08. The maximum atomic E-state index is 8.70. The van der Waals surface area contributed by atoms with Crippen LogP contribution in [0.2, 0.25) is 0 Å². The first-order valence-electron chi connectivity index (χ1n) is 4.57. The molecule has 0 saturated carbocycles. The summed E-state index contributed by atoms with van der Waals surface area (Å²) < 4.78 is 0. The summed E-state index contributed by atoms with van der Waals surface area (Å²) in [6.07, 6.45) is 5.03. The summed E-state index contributed by atoms with van der Waals surface area (Å²) in [6, 6.07) is 0. The minimum absolute atomic E-state index is 0.268. The van der Waals surface area contributed by atoms with E-state index in [-0.39, 0.29) is 5.60 Å². The van der Waals surface area contributed by atoms with E-state index in [0.717, 1.165) is 32.1 Å². The van der Waals surface area contributed by atoms with Gasteiger partial charge in [0.05, 0.1) is 0 Å². The average molecular weight is 160 g/mol. The van der Waals surface area contributed by atoms with Crippen LogP contribution in [0.5, 0.6) is 0 Å². The fraction of sp³-hybridized carbons (Fsp3) is 1.00. The summed E-state index contributed by atoms with van der Waals surface area (Å²) in [5.74, 6) is 0. The zero-order valence-corrected chi connectivity index (χ0v) is 7.89. The van der Waals surface area contributed by atoms with Gasteiger partial charge in [-0.15, -0.1) is 0 Å². The molecule has 1 N–H and O–H groups in total. The van der Waals surface area contributed by atoms with E-state index in [4.69, 9.17) is 5.26 Å². The Labute approximate surface area is 69.5 Å². The number of hydrogen-bond acceptors (Lipinski definition) is 2. The summed E-state index contributed by atoms with van der Waals surface area (Å²) >= 11 is 0. The molecule has 2 nitrogen and oxygen atoms in total. The van der Waals surface area contributed by atoms with Gasteiger partial charge in [-0.2, -0.15) is 0 Å². The second-order valence-electron chi connectivity index (χ2n) is 3.08. The van der Waals surface area contributed by atoms with Gasteiger partial charge in [0, 0.05) is 0 Å². The molecule has 0 aliphatic carbocycles. The van der Waals surface area contributed by atoms with Crippen molar-refractivity contribution in [3.8, 4) is 0 Å². The lowest BCUT2D eigenvalue weighted by Gasteiger charge is -2.27. The molecule has 0 aliphatic rings. The molecule has 0 fully saturated rings. The summed E-state index contributed by atoms with van der Waals surface area (Å²) in [5.41, 5.74) is -0.268. The van der Waals surface area contributed by atoms with Crippen molar-refractivity contribution in [2.75, 3.05) is 0 Å². The molecule has 68 valence electrons. The number of hydrogen-bond donors (Lipinski definition) is 1. The van der Waals surface area contributed by atoms with Gasteiger partial charge in [0.25, 0.3) is 0 Å². The third-order valence-electron chi connectivity index (χ3n) is 2.47. The SMILES string of the molecule is CCCCC(CC)(CC)OO. The van der Waals surface area contributed by atoms with Crippen molar-refractivity contribution in [1.82, 2.24) is 0 Å². The van der Waals surface area contributed by atoms with Gasteiger partial charge >= 0.3 is 0 Å². The van der Waals surface area contributed by atoms with E-state index >= 15 is 0 Å². The second kappa shape index (κ2) is 5.56. The fourth-order valence-electron chi connectivity index (χ4n) is 1.28. The highest BCUT2D eigenvalue weighted by molar-refractivity contribution is 4.75. The van der Waals surface area contributed by atoms with Crippen LogP contribution < -0.4 is 0 Å². The topological polar surface area (TPSA) is 29.5 Å². The molecule has 0 spiro atoms. The van der Waals surface area contributed by atoms with E-state index in [1.165, 1.54) is 0 Å². The molecule has 0 heterocycles. The van der Waals surface area contributed by atoms with Crippen LogP contribution in [0.4, 0.5) is 0 Å². The zero-order chi connectivity index (χ0) is 8.74. The van der Waals surface area contributed by atoms with E-state index in [9.17, 15) is 0 Å². The quantitative estimate of drug-likeness (QED) is 0.477. The number of unbranched alkanes of at least 4 members (excludes halogenated alkanes) is 1. The molecule has 0 bridgehead atoms. The first-order chi connectivity index (χ1) is 5.24. The van der Waals surface area contributed by atoms with Gasteiger partial charge in [-0.1, -0.05) is 33.6 Å². The molecule has 0 saturated heterocycles. The lowest BCUT2D eigenvalue weighted by Crippen LogP contribution is -2.29. The van der Waals surface area contributed by atoms with Gasteiger partial charge in [-0.05, 0) is 19.3 Å². The molecule has 2 heteroatoms. The first-order valence-corrected chi connectivity index (χ1v) is 4.57. The zero-order valence-electron chi connectivity index (χ0n) is 7.89.